The van der Waals surface area contributed by atoms with Crippen molar-refractivity contribution in [1.82, 2.24) is 0 Å². The molecule has 0 aromatic heterocycles. The average molecular weight is 218 g/mol. The van der Waals surface area contributed by atoms with Gasteiger partial charge in [0.15, 0.2) is 0 Å². The molecule has 0 radical (unpaired) electrons. The number of benzene rings is 1. The van der Waals surface area contributed by atoms with Gasteiger partial charge in [0.05, 0.1) is 20.9 Å². The molecule has 0 atom stereocenters. The first-order chi connectivity index (χ1) is 5.66. The molecule has 0 heterocycles. The highest BCUT2D eigenvalue weighted by molar-refractivity contribution is 7.78. The van der Waals surface area contributed by atoms with Gasteiger partial charge in [-0.15, -0.1) is 0 Å². The van der Waals surface area contributed by atoms with E-state index in [1.165, 1.54) is 0 Å². The lowest BCUT2D eigenvalue weighted by Crippen LogP contribution is -1.76. The van der Waals surface area contributed by atoms with Gasteiger partial charge in [-0.1, -0.05) is 29.3 Å². The number of nitrogens with zero attached hydrogens (tertiary/aromatic N) is 1. The van der Waals surface area contributed by atoms with Crippen LogP contribution in [-0.2, 0) is 0 Å². The van der Waals surface area contributed by atoms with Crippen LogP contribution in [0.5, 0.6) is 0 Å². The minimum Gasteiger partial charge on any atom is -0.193 e. The van der Waals surface area contributed by atoms with E-state index in [-0.39, 0.29) is 0 Å². The van der Waals surface area contributed by atoms with E-state index in [9.17, 15) is 0 Å². The summed E-state index contributed by atoms with van der Waals surface area (Å²) in [7, 11) is 0. The molecule has 1 aromatic carbocycles. The highest BCUT2D eigenvalue weighted by atomic mass is 35.5. The zero-order chi connectivity index (χ0) is 9.14. The lowest BCUT2D eigenvalue weighted by atomic mass is 10.2. The van der Waals surface area contributed by atoms with Crippen LogP contribution in [0.4, 0.5) is 5.69 Å². The second-order valence-electron chi connectivity index (χ2n) is 2.23. The van der Waals surface area contributed by atoms with Crippen LogP contribution in [0, 0.1) is 6.92 Å². The van der Waals surface area contributed by atoms with Gasteiger partial charge in [-0.25, -0.2) is 0 Å². The van der Waals surface area contributed by atoms with Crippen molar-refractivity contribution in [1.29, 1.82) is 0 Å². The molecule has 0 fully saturated rings. The SMILES string of the molecule is Cc1ccc(N=C=S)c(Cl)c1Cl. The van der Waals surface area contributed by atoms with Crippen LogP contribution < -0.4 is 0 Å². The summed E-state index contributed by atoms with van der Waals surface area (Å²) in [6, 6.07) is 3.59. The highest BCUT2D eigenvalue weighted by Gasteiger charge is 2.05. The van der Waals surface area contributed by atoms with E-state index in [4.69, 9.17) is 23.2 Å². The van der Waals surface area contributed by atoms with E-state index in [0.29, 0.717) is 15.7 Å². The Balaban J connectivity index is 3.35. The Morgan fingerprint density at radius 2 is 2.00 bits per heavy atom. The van der Waals surface area contributed by atoms with Crippen molar-refractivity contribution in [2.75, 3.05) is 0 Å². The molecule has 1 rings (SSSR count). The van der Waals surface area contributed by atoms with Gasteiger partial charge < -0.3 is 0 Å². The Bertz CT molecular complexity index is 356. The van der Waals surface area contributed by atoms with Gasteiger partial charge in [-0.05, 0) is 30.8 Å². The second kappa shape index (κ2) is 4.01. The van der Waals surface area contributed by atoms with Crippen LogP contribution in [0.15, 0.2) is 17.1 Å². The van der Waals surface area contributed by atoms with E-state index < -0.39 is 0 Å². The minimum atomic E-state index is 0.425. The predicted molar refractivity (Wildman–Crippen MR) is 55.9 cm³/mol. The maximum absolute atomic E-state index is 5.87. The van der Waals surface area contributed by atoms with E-state index >= 15 is 0 Å². The molecule has 0 aliphatic carbocycles. The normalized spacial score (nSPS) is 9.25. The fraction of sp³-hybridized carbons (Fsp3) is 0.125. The quantitative estimate of drug-likeness (QED) is 0.511. The van der Waals surface area contributed by atoms with E-state index in [2.05, 4.69) is 22.4 Å². The highest BCUT2D eigenvalue weighted by Crippen LogP contribution is 2.33. The number of thiocarbonyl (C=S) groups is 1. The lowest BCUT2D eigenvalue weighted by molar-refractivity contribution is 1.44. The molecule has 4 heteroatoms. The van der Waals surface area contributed by atoms with Gasteiger partial charge in [0.25, 0.3) is 0 Å². The molecule has 0 saturated heterocycles. The van der Waals surface area contributed by atoms with Gasteiger partial charge in [-0.3, -0.25) is 0 Å². The van der Waals surface area contributed by atoms with Crippen LogP contribution >= 0.6 is 35.4 Å². The monoisotopic (exact) mass is 217 g/mol. The molecular formula is C8H5Cl2NS. The third-order valence-electron chi connectivity index (χ3n) is 1.42. The summed E-state index contributed by atoms with van der Waals surface area (Å²) in [5, 5.41) is 3.18. The van der Waals surface area contributed by atoms with Crippen molar-refractivity contribution in [3.8, 4) is 0 Å². The summed E-state index contributed by atoms with van der Waals surface area (Å²) in [4.78, 5) is 3.76. The standard InChI is InChI=1S/C8H5Cl2NS/c1-5-2-3-6(11-4-12)8(10)7(5)9/h2-3H,1H3. The average Bonchev–Trinajstić information content (AvgIpc) is 2.07. The molecule has 1 nitrogen and oxygen atoms in total. The molecule has 0 spiro atoms. The fourth-order valence-electron chi connectivity index (χ4n) is 0.771. The third kappa shape index (κ3) is 1.85. The molecule has 0 saturated carbocycles. The topological polar surface area (TPSA) is 12.4 Å². The van der Waals surface area contributed by atoms with Gasteiger partial charge in [0.1, 0.15) is 0 Å². The van der Waals surface area contributed by atoms with Crippen LogP contribution in [0.25, 0.3) is 0 Å². The molecular weight excluding hydrogens is 213 g/mol. The number of aliphatic imine (C=N–C) groups is 1. The van der Waals surface area contributed by atoms with Crippen LogP contribution in [0.1, 0.15) is 5.56 Å². The van der Waals surface area contributed by atoms with Crippen molar-refractivity contribution >= 4 is 46.3 Å². The number of rotatable bonds is 1. The van der Waals surface area contributed by atoms with Crippen molar-refractivity contribution in [2.24, 2.45) is 4.99 Å². The van der Waals surface area contributed by atoms with Crippen LogP contribution in [-0.4, -0.2) is 5.16 Å². The van der Waals surface area contributed by atoms with Crippen molar-refractivity contribution in [3.05, 3.63) is 27.7 Å². The third-order valence-corrected chi connectivity index (χ3v) is 2.48. The predicted octanol–water partition coefficient (Wildman–Crippen LogP) is 4.04. The summed E-state index contributed by atoms with van der Waals surface area (Å²) in [5.41, 5.74) is 1.48. The first-order valence-electron chi connectivity index (χ1n) is 3.19. The van der Waals surface area contributed by atoms with Crippen molar-refractivity contribution in [2.45, 2.75) is 6.92 Å². The maximum Gasteiger partial charge on any atom is 0.0941 e. The molecule has 0 bridgehead atoms. The minimum absolute atomic E-state index is 0.425. The summed E-state index contributed by atoms with van der Waals surface area (Å²) < 4.78 is 0. The number of isothiocyanates is 1. The van der Waals surface area contributed by atoms with E-state index in [1.54, 1.807) is 6.07 Å². The summed E-state index contributed by atoms with van der Waals surface area (Å²) in [6.45, 7) is 1.87. The Hall–Kier alpha value is -0.400. The largest absolute Gasteiger partial charge is 0.193 e. The second-order valence-corrected chi connectivity index (χ2v) is 3.17. The van der Waals surface area contributed by atoms with Gasteiger partial charge in [0, 0.05) is 0 Å². The maximum atomic E-state index is 5.87. The van der Waals surface area contributed by atoms with Gasteiger partial charge in [0.2, 0.25) is 0 Å². The molecule has 0 N–H and O–H groups in total. The summed E-state index contributed by atoms with van der Waals surface area (Å²) in [5.74, 6) is 0. The number of hydrogen-bond donors (Lipinski definition) is 0. The molecule has 0 aliphatic heterocycles. The molecule has 1 aromatic rings. The van der Waals surface area contributed by atoms with Crippen LogP contribution in [0.3, 0.4) is 0 Å². The first-order valence-corrected chi connectivity index (χ1v) is 4.35. The van der Waals surface area contributed by atoms with Crippen molar-refractivity contribution in [3.63, 3.8) is 0 Å². The van der Waals surface area contributed by atoms with Gasteiger partial charge in [-0.2, -0.15) is 4.99 Å². The molecule has 12 heavy (non-hydrogen) atoms. The molecule has 62 valence electrons. The lowest BCUT2D eigenvalue weighted by Gasteiger charge is -2.01. The summed E-state index contributed by atoms with van der Waals surface area (Å²) >= 11 is 16.2. The van der Waals surface area contributed by atoms with E-state index in [0.717, 1.165) is 5.56 Å². The zero-order valence-electron chi connectivity index (χ0n) is 6.27. The van der Waals surface area contributed by atoms with Crippen molar-refractivity contribution < 1.29 is 0 Å². The smallest absolute Gasteiger partial charge is 0.0941 e. The Morgan fingerprint density at radius 1 is 1.33 bits per heavy atom. The number of hydrogen-bond acceptors (Lipinski definition) is 2. The summed E-state index contributed by atoms with van der Waals surface area (Å²) in [6.07, 6.45) is 0. The Morgan fingerprint density at radius 3 is 2.58 bits per heavy atom. The van der Waals surface area contributed by atoms with Crippen LogP contribution in [0.2, 0.25) is 10.0 Å². The molecule has 0 amide bonds. The molecule has 0 unspecified atom stereocenters. The zero-order valence-corrected chi connectivity index (χ0v) is 8.59. The van der Waals surface area contributed by atoms with E-state index in [1.807, 2.05) is 13.0 Å². The number of halogens is 2. The molecule has 0 aliphatic rings. The Labute approximate surface area is 86.0 Å². The first kappa shape index (κ1) is 9.69. The fourth-order valence-corrected chi connectivity index (χ4v) is 1.28. The number of aryl methyl sites for hydroxylation is 1. The van der Waals surface area contributed by atoms with Gasteiger partial charge >= 0.3 is 0 Å². The Kier molecular flexibility index (Phi) is 3.24.